The smallest absolute Gasteiger partial charge is 0.311 e. The number of hydrogen-bond donors (Lipinski definition) is 1. The Balaban J connectivity index is 2.15. The third-order valence-corrected chi connectivity index (χ3v) is 3.29. The Kier molecular flexibility index (Phi) is 2.84. The lowest BCUT2D eigenvalue weighted by Crippen LogP contribution is -2.32. The van der Waals surface area contributed by atoms with Crippen molar-refractivity contribution in [3.05, 3.63) is 16.9 Å². The van der Waals surface area contributed by atoms with Crippen LogP contribution in [0, 0.1) is 5.41 Å². The van der Waals surface area contributed by atoms with Crippen LogP contribution < -0.4 is 4.90 Å². The molecular weight excluding hydrogens is 274 g/mol. The maximum absolute atomic E-state index is 11.1. The zero-order valence-electron chi connectivity index (χ0n) is 8.85. The summed E-state index contributed by atoms with van der Waals surface area (Å²) in [5, 5.41) is 9.11. The minimum atomic E-state index is -0.757. The highest BCUT2D eigenvalue weighted by atomic mass is 79.9. The Morgan fingerprint density at radius 3 is 2.69 bits per heavy atom. The van der Waals surface area contributed by atoms with E-state index in [2.05, 4.69) is 25.9 Å². The molecule has 1 atom stereocenters. The predicted octanol–water partition coefficient (Wildman–Crippen LogP) is 1.54. The molecule has 1 fully saturated rings. The molecule has 1 N–H and O–H groups in total. The van der Waals surface area contributed by atoms with Gasteiger partial charge in [0, 0.05) is 25.5 Å². The van der Waals surface area contributed by atoms with Gasteiger partial charge in [0.2, 0.25) is 5.95 Å². The van der Waals surface area contributed by atoms with Gasteiger partial charge in [-0.1, -0.05) is 0 Å². The van der Waals surface area contributed by atoms with Crippen molar-refractivity contribution in [2.75, 3.05) is 18.0 Å². The lowest BCUT2D eigenvalue weighted by atomic mass is 9.90. The van der Waals surface area contributed by atoms with Gasteiger partial charge in [-0.3, -0.25) is 4.79 Å². The zero-order chi connectivity index (χ0) is 11.8. The van der Waals surface area contributed by atoms with E-state index in [9.17, 15) is 4.79 Å². The largest absolute Gasteiger partial charge is 0.481 e. The molecule has 1 unspecified atom stereocenters. The average Bonchev–Trinajstić information content (AvgIpc) is 2.63. The molecule has 0 aromatic carbocycles. The van der Waals surface area contributed by atoms with Crippen LogP contribution in [0.1, 0.15) is 13.3 Å². The van der Waals surface area contributed by atoms with Crippen LogP contribution in [0.15, 0.2) is 16.9 Å². The number of hydrogen-bond acceptors (Lipinski definition) is 4. The first-order valence-electron chi connectivity index (χ1n) is 4.97. The molecule has 1 aromatic heterocycles. The van der Waals surface area contributed by atoms with Crippen LogP contribution in [0.3, 0.4) is 0 Å². The van der Waals surface area contributed by atoms with Crippen molar-refractivity contribution in [1.82, 2.24) is 9.97 Å². The zero-order valence-corrected chi connectivity index (χ0v) is 10.4. The molecule has 5 nitrogen and oxygen atoms in total. The van der Waals surface area contributed by atoms with E-state index >= 15 is 0 Å². The number of rotatable bonds is 2. The average molecular weight is 286 g/mol. The highest BCUT2D eigenvalue weighted by Crippen LogP contribution is 2.31. The second kappa shape index (κ2) is 4.01. The van der Waals surface area contributed by atoms with E-state index in [0.29, 0.717) is 25.5 Å². The third kappa shape index (κ3) is 2.02. The number of carboxylic acid groups (broad SMARTS) is 1. The molecule has 0 spiro atoms. The van der Waals surface area contributed by atoms with E-state index in [4.69, 9.17) is 5.11 Å². The molecule has 0 radical (unpaired) electrons. The monoisotopic (exact) mass is 285 g/mol. The summed E-state index contributed by atoms with van der Waals surface area (Å²) in [4.78, 5) is 21.3. The highest BCUT2D eigenvalue weighted by molar-refractivity contribution is 9.10. The van der Waals surface area contributed by atoms with Crippen molar-refractivity contribution in [3.8, 4) is 0 Å². The van der Waals surface area contributed by atoms with Crippen LogP contribution in [0.5, 0.6) is 0 Å². The summed E-state index contributed by atoms with van der Waals surface area (Å²) in [6.07, 6.45) is 3.96. The number of aromatic nitrogens is 2. The first kappa shape index (κ1) is 11.3. The lowest BCUT2D eigenvalue weighted by molar-refractivity contribution is -0.146. The second-order valence-corrected chi connectivity index (χ2v) is 5.15. The molecule has 1 aliphatic heterocycles. The number of carbonyl (C=O) groups is 1. The molecule has 1 saturated heterocycles. The highest BCUT2D eigenvalue weighted by Gasteiger charge is 2.41. The number of carboxylic acids is 1. The SMILES string of the molecule is CC1(C(=O)O)CCN(c2ncc(Br)cn2)C1. The molecular formula is C10H12BrN3O2. The van der Waals surface area contributed by atoms with Crippen LogP contribution >= 0.6 is 15.9 Å². The van der Waals surface area contributed by atoms with Crippen molar-refractivity contribution in [2.45, 2.75) is 13.3 Å². The number of nitrogens with zero attached hydrogens (tertiary/aromatic N) is 3. The number of halogens is 1. The van der Waals surface area contributed by atoms with Crippen LogP contribution in [0.2, 0.25) is 0 Å². The van der Waals surface area contributed by atoms with Gasteiger partial charge in [-0.25, -0.2) is 9.97 Å². The summed E-state index contributed by atoms with van der Waals surface area (Å²) in [6, 6.07) is 0. The summed E-state index contributed by atoms with van der Waals surface area (Å²) in [5.74, 6) is -0.166. The van der Waals surface area contributed by atoms with Crippen LogP contribution in [-0.4, -0.2) is 34.1 Å². The Hall–Kier alpha value is -1.17. The molecule has 0 aliphatic carbocycles. The number of anilines is 1. The van der Waals surface area contributed by atoms with Crippen molar-refractivity contribution in [3.63, 3.8) is 0 Å². The summed E-state index contributed by atoms with van der Waals surface area (Å²) in [5.41, 5.74) is -0.684. The molecule has 0 amide bonds. The van der Waals surface area contributed by atoms with Gasteiger partial charge >= 0.3 is 5.97 Å². The second-order valence-electron chi connectivity index (χ2n) is 4.24. The predicted molar refractivity (Wildman–Crippen MR) is 62.3 cm³/mol. The van der Waals surface area contributed by atoms with Gasteiger partial charge in [0.1, 0.15) is 0 Å². The topological polar surface area (TPSA) is 66.3 Å². The first-order chi connectivity index (χ1) is 7.51. The molecule has 86 valence electrons. The van der Waals surface area contributed by atoms with Gasteiger partial charge in [0.25, 0.3) is 0 Å². The fourth-order valence-corrected chi connectivity index (χ4v) is 1.98. The number of aliphatic carboxylic acids is 1. The van der Waals surface area contributed by atoms with Crippen molar-refractivity contribution in [2.24, 2.45) is 5.41 Å². The summed E-state index contributed by atoms with van der Waals surface area (Å²) in [6.45, 7) is 2.91. The van der Waals surface area contributed by atoms with Crippen LogP contribution in [-0.2, 0) is 4.79 Å². The minimum Gasteiger partial charge on any atom is -0.481 e. The molecule has 1 aromatic rings. The minimum absolute atomic E-state index is 0.462. The van der Waals surface area contributed by atoms with Gasteiger partial charge < -0.3 is 10.0 Å². The summed E-state index contributed by atoms with van der Waals surface area (Å²) in [7, 11) is 0. The molecule has 2 heterocycles. The quantitative estimate of drug-likeness (QED) is 0.893. The van der Waals surface area contributed by atoms with Gasteiger partial charge in [-0.2, -0.15) is 0 Å². The van der Waals surface area contributed by atoms with Crippen molar-refractivity contribution in [1.29, 1.82) is 0 Å². The van der Waals surface area contributed by atoms with Gasteiger partial charge in [-0.05, 0) is 29.3 Å². The first-order valence-corrected chi connectivity index (χ1v) is 5.76. The fraction of sp³-hybridized carbons (Fsp3) is 0.500. The van der Waals surface area contributed by atoms with Crippen LogP contribution in [0.25, 0.3) is 0 Å². The molecule has 0 bridgehead atoms. The maximum Gasteiger partial charge on any atom is 0.311 e. The summed E-state index contributed by atoms with van der Waals surface area (Å²) >= 11 is 3.26. The van der Waals surface area contributed by atoms with E-state index in [0.717, 1.165) is 4.47 Å². The lowest BCUT2D eigenvalue weighted by Gasteiger charge is -2.19. The Labute approximate surface area is 102 Å². The van der Waals surface area contributed by atoms with Crippen molar-refractivity contribution >= 4 is 27.8 Å². The Bertz CT molecular complexity index is 409. The Morgan fingerprint density at radius 1 is 1.56 bits per heavy atom. The fourth-order valence-electron chi connectivity index (χ4n) is 1.78. The molecule has 6 heteroatoms. The molecule has 1 aliphatic rings. The summed E-state index contributed by atoms with van der Waals surface area (Å²) < 4.78 is 0.816. The maximum atomic E-state index is 11.1. The van der Waals surface area contributed by atoms with Gasteiger partial charge in [-0.15, -0.1) is 0 Å². The van der Waals surface area contributed by atoms with E-state index in [1.54, 1.807) is 19.3 Å². The standard InChI is InChI=1S/C10H12BrN3O2/c1-10(8(15)16)2-3-14(6-10)9-12-4-7(11)5-13-9/h4-5H,2-3,6H2,1H3,(H,15,16). The van der Waals surface area contributed by atoms with Crippen LogP contribution in [0.4, 0.5) is 5.95 Å². The van der Waals surface area contributed by atoms with E-state index in [1.807, 2.05) is 4.90 Å². The van der Waals surface area contributed by atoms with E-state index < -0.39 is 11.4 Å². The van der Waals surface area contributed by atoms with Gasteiger partial charge in [0.05, 0.1) is 9.89 Å². The Morgan fingerprint density at radius 2 is 2.19 bits per heavy atom. The van der Waals surface area contributed by atoms with E-state index in [-0.39, 0.29) is 0 Å². The molecule has 0 saturated carbocycles. The molecule has 16 heavy (non-hydrogen) atoms. The van der Waals surface area contributed by atoms with Crippen molar-refractivity contribution < 1.29 is 9.90 Å². The molecule has 2 rings (SSSR count). The third-order valence-electron chi connectivity index (χ3n) is 2.88. The van der Waals surface area contributed by atoms with E-state index in [1.165, 1.54) is 0 Å². The normalized spacial score (nSPS) is 24.8. The van der Waals surface area contributed by atoms with Gasteiger partial charge in [0.15, 0.2) is 0 Å².